The fourth-order valence-electron chi connectivity index (χ4n) is 3.11. The fraction of sp³-hybridized carbons (Fsp3) is 0.364. The summed E-state index contributed by atoms with van der Waals surface area (Å²) in [6.45, 7) is 3.24. The third kappa shape index (κ3) is 5.67. The van der Waals surface area contributed by atoms with Gasteiger partial charge in [-0.1, -0.05) is 29.8 Å². The summed E-state index contributed by atoms with van der Waals surface area (Å²) in [4.78, 5) is 25.4. The van der Waals surface area contributed by atoms with Crippen molar-refractivity contribution in [3.63, 3.8) is 0 Å². The minimum atomic E-state index is -0.604. The van der Waals surface area contributed by atoms with Crippen molar-refractivity contribution in [1.82, 2.24) is 10.6 Å². The van der Waals surface area contributed by atoms with Crippen molar-refractivity contribution < 1.29 is 19.1 Å². The van der Waals surface area contributed by atoms with E-state index in [1.807, 2.05) is 49.6 Å². The molecule has 1 heterocycles. The van der Waals surface area contributed by atoms with E-state index in [1.54, 1.807) is 17.8 Å². The van der Waals surface area contributed by atoms with Gasteiger partial charge in [0.1, 0.15) is 19.3 Å². The lowest BCUT2D eigenvalue weighted by Crippen LogP contribution is -2.47. The van der Waals surface area contributed by atoms with E-state index in [2.05, 4.69) is 10.6 Å². The smallest absolute Gasteiger partial charge is 0.251 e. The summed E-state index contributed by atoms with van der Waals surface area (Å²) in [5.74, 6) is 1.67. The van der Waals surface area contributed by atoms with Gasteiger partial charge in [0.2, 0.25) is 5.91 Å². The number of ether oxygens (including phenoxy) is 2. The largest absolute Gasteiger partial charge is 0.486 e. The molecule has 0 saturated carbocycles. The number of hydrogen-bond donors (Lipinski definition) is 2. The first-order valence-electron chi connectivity index (χ1n) is 9.60. The fourth-order valence-corrected chi connectivity index (χ4v) is 3.58. The molecule has 1 aliphatic rings. The summed E-state index contributed by atoms with van der Waals surface area (Å²) >= 11 is 1.64. The molecule has 2 amide bonds. The third-order valence-corrected chi connectivity index (χ3v) is 5.26. The van der Waals surface area contributed by atoms with Crippen LogP contribution in [0.5, 0.6) is 11.5 Å². The van der Waals surface area contributed by atoms with Gasteiger partial charge in [0, 0.05) is 17.7 Å². The predicted molar refractivity (Wildman–Crippen MR) is 115 cm³/mol. The standard InChI is InChI=1S/C22H26N2O4S/c1-15-5-3-6-16(13-15)21(25)24-18(9-12-29-2)22(26)23-14-17-7-4-8-19-20(17)28-11-10-27-19/h3-8,13,18H,9-12,14H2,1-2H3,(H,23,26)(H,24,25). The second kappa shape index (κ2) is 10.2. The first-order valence-corrected chi connectivity index (χ1v) is 11.0. The number of rotatable bonds is 8. The van der Waals surface area contributed by atoms with Crippen LogP contribution in [0.1, 0.15) is 27.9 Å². The molecule has 0 bridgehead atoms. The topological polar surface area (TPSA) is 76.7 Å². The molecule has 0 radical (unpaired) electrons. The summed E-state index contributed by atoms with van der Waals surface area (Å²) < 4.78 is 11.3. The number of para-hydroxylation sites is 1. The van der Waals surface area contributed by atoms with Crippen molar-refractivity contribution in [2.45, 2.75) is 25.9 Å². The number of amides is 2. The van der Waals surface area contributed by atoms with Crippen LogP contribution in [-0.2, 0) is 11.3 Å². The van der Waals surface area contributed by atoms with Gasteiger partial charge >= 0.3 is 0 Å². The van der Waals surface area contributed by atoms with Gasteiger partial charge in [-0.25, -0.2) is 0 Å². The second-order valence-corrected chi connectivity index (χ2v) is 7.82. The van der Waals surface area contributed by atoms with E-state index in [0.29, 0.717) is 43.2 Å². The quantitative estimate of drug-likeness (QED) is 0.695. The van der Waals surface area contributed by atoms with Crippen LogP contribution in [-0.4, -0.2) is 43.1 Å². The SMILES string of the molecule is CSCCC(NC(=O)c1cccc(C)c1)C(=O)NCc1cccc2c1OCCO2. The molecule has 2 aromatic rings. The molecule has 0 fully saturated rings. The van der Waals surface area contributed by atoms with Crippen LogP contribution in [0.3, 0.4) is 0 Å². The van der Waals surface area contributed by atoms with Crippen LogP contribution in [0.15, 0.2) is 42.5 Å². The monoisotopic (exact) mass is 414 g/mol. The number of hydrogen-bond acceptors (Lipinski definition) is 5. The molecule has 2 aromatic carbocycles. The van der Waals surface area contributed by atoms with Gasteiger partial charge in [0.05, 0.1) is 0 Å². The van der Waals surface area contributed by atoms with Gasteiger partial charge in [0.25, 0.3) is 5.91 Å². The molecule has 29 heavy (non-hydrogen) atoms. The maximum Gasteiger partial charge on any atom is 0.251 e. The number of thioether (sulfide) groups is 1. The van der Waals surface area contributed by atoms with E-state index in [1.165, 1.54) is 0 Å². The van der Waals surface area contributed by atoms with E-state index in [9.17, 15) is 9.59 Å². The average molecular weight is 415 g/mol. The van der Waals surface area contributed by atoms with Crippen molar-refractivity contribution in [2.75, 3.05) is 25.2 Å². The summed E-state index contributed by atoms with van der Waals surface area (Å²) in [6, 6.07) is 12.3. The highest BCUT2D eigenvalue weighted by Gasteiger charge is 2.22. The van der Waals surface area contributed by atoms with Gasteiger partial charge in [-0.3, -0.25) is 9.59 Å². The van der Waals surface area contributed by atoms with Crippen LogP contribution >= 0.6 is 11.8 Å². The Morgan fingerprint density at radius 2 is 1.93 bits per heavy atom. The summed E-state index contributed by atoms with van der Waals surface area (Å²) in [6.07, 6.45) is 2.53. The van der Waals surface area contributed by atoms with Gasteiger partial charge in [-0.05, 0) is 43.6 Å². The zero-order chi connectivity index (χ0) is 20.6. The maximum absolute atomic E-state index is 12.8. The minimum absolute atomic E-state index is 0.214. The Morgan fingerprint density at radius 1 is 1.14 bits per heavy atom. The Bertz CT molecular complexity index is 872. The summed E-state index contributed by atoms with van der Waals surface area (Å²) in [7, 11) is 0. The van der Waals surface area contributed by atoms with Gasteiger partial charge in [-0.15, -0.1) is 0 Å². The molecule has 3 rings (SSSR count). The molecule has 1 atom stereocenters. The van der Waals surface area contributed by atoms with Crippen LogP contribution in [0, 0.1) is 6.92 Å². The zero-order valence-electron chi connectivity index (χ0n) is 16.7. The van der Waals surface area contributed by atoms with Gasteiger partial charge in [0.15, 0.2) is 11.5 Å². The molecular weight excluding hydrogens is 388 g/mol. The van der Waals surface area contributed by atoms with Gasteiger partial charge in [-0.2, -0.15) is 11.8 Å². The lowest BCUT2D eigenvalue weighted by Gasteiger charge is -2.22. The Morgan fingerprint density at radius 3 is 2.72 bits per heavy atom. The second-order valence-electron chi connectivity index (χ2n) is 6.84. The Labute approximate surface area is 175 Å². The molecule has 6 nitrogen and oxygen atoms in total. The number of benzene rings is 2. The first kappa shape index (κ1) is 21.0. The van der Waals surface area contributed by atoms with Crippen LogP contribution in [0.25, 0.3) is 0 Å². The maximum atomic E-state index is 12.8. The van der Waals surface area contributed by atoms with Crippen LogP contribution < -0.4 is 20.1 Å². The molecule has 0 aromatic heterocycles. The average Bonchev–Trinajstić information content (AvgIpc) is 2.74. The minimum Gasteiger partial charge on any atom is -0.486 e. The van der Waals surface area contributed by atoms with Crippen molar-refractivity contribution in [3.8, 4) is 11.5 Å². The van der Waals surface area contributed by atoms with Crippen LogP contribution in [0.2, 0.25) is 0 Å². The summed E-state index contributed by atoms with van der Waals surface area (Å²) in [5, 5.41) is 5.80. The molecule has 0 saturated heterocycles. The molecule has 0 spiro atoms. The Hall–Kier alpha value is -2.67. The molecule has 1 aliphatic heterocycles. The summed E-state index contributed by atoms with van der Waals surface area (Å²) in [5.41, 5.74) is 2.40. The van der Waals surface area contributed by atoms with E-state index < -0.39 is 6.04 Å². The molecular formula is C22H26N2O4S. The van der Waals surface area contributed by atoms with Crippen molar-refractivity contribution >= 4 is 23.6 Å². The highest BCUT2D eigenvalue weighted by Crippen LogP contribution is 2.33. The van der Waals surface area contributed by atoms with Crippen LogP contribution in [0.4, 0.5) is 0 Å². The van der Waals surface area contributed by atoms with Gasteiger partial charge < -0.3 is 20.1 Å². The highest BCUT2D eigenvalue weighted by atomic mass is 32.2. The molecule has 2 N–H and O–H groups in total. The lowest BCUT2D eigenvalue weighted by molar-refractivity contribution is -0.123. The van der Waals surface area contributed by atoms with Crippen molar-refractivity contribution in [3.05, 3.63) is 59.2 Å². The first-order chi connectivity index (χ1) is 14.1. The molecule has 154 valence electrons. The van der Waals surface area contributed by atoms with Crippen molar-refractivity contribution in [2.24, 2.45) is 0 Å². The molecule has 0 aliphatic carbocycles. The lowest BCUT2D eigenvalue weighted by atomic mass is 10.1. The van der Waals surface area contributed by atoms with Crippen molar-refractivity contribution in [1.29, 1.82) is 0 Å². The third-order valence-electron chi connectivity index (χ3n) is 4.61. The predicted octanol–water partition coefficient (Wildman–Crippen LogP) is 2.93. The van der Waals surface area contributed by atoms with E-state index in [0.717, 1.165) is 16.9 Å². The number of carbonyl (C=O) groups is 2. The van der Waals surface area contributed by atoms with E-state index >= 15 is 0 Å². The van der Waals surface area contributed by atoms with E-state index in [-0.39, 0.29) is 11.8 Å². The number of aryl methyl sites for hydroxylation is 1. The number of fused-ring (bicyclic) bond motifs is 1. The Balaban J connectivity index is 1.65. The highest BCUT2D eigenvalue weighted by molar-refractivity contribution is 7.98. The number of carbonyl (C=O) groups excluding carboxylic acids is 2. The molecule has 1 unspecified atom stereocenters. The number of nitrogens with one attached hydrogen (secondary N) is 2. The zero-order valence-corrected chi connectivity index (χ0v) is 17.5. The normalized spacial score (nSPS) is 13.4. The molecule has 7 heteroatoms. The van der Waals surface area contributed by atoms with E-state index in [4.69, 9.17) is 9.47 Å². The Kier molecular flexibility index (Phi) is 7.41.